The lowest BCUT2D eigenvalue weighted by Gasteiger charge is -2.20. The number of aliphatic hydroxyl groups excluding tert-OH is 2. The topological polar surface area (TPSA) is 175 Å². The number of phosphoric ester groups is 1. The number of aliphatic hydroxyl groups is 2. The largest absolute Gasteiger partial charge is 0.472 e. The molecule has 0 fully saturated rings. The molecule has 0 aromatic carbocycles. The van der Waals surface area contributed by atoms with Crippen LogP contribution in [0.25, 0.3) is 0 Å². The highest BCUT2D eigenvalue weighted by molar-refractivity contribution is 7.47. The van der Waals surface area contributed by atoms with Gasteiger partial charge in [0.15, 0.2) is 6.10 Å². The second-order valence-corrected chi connectivity index (χ2v) is 18.1. The van der Waals surface area contributed by atoms with Crippen LogP contribution in [-0.4, -0.2) is 71.7 Å². The number of rotatable bonds is 46. The zero-order chi connectivity index (χ0) is 44.9. The fourth-order valence-electron chi connectivity index (χ4n) is 6.92. The minimum atomic E-state index is -4.46. The molecular formula is C49H92NO10P. The van der Waals surface area contributed by atoms with Crippen molar-refractivity contribution in [2.45, 2.75) is 238 Å². The van der Waals surface area contributed by atoms with E-state index >= 15 is 0 Å². The molecule has 5 N–H and O–H groups in total. The zero-order valence-corrected chi connectivity index (χ0v) is 39.8. The molecule has 0 aliphatic carbocycles. The Bertz CT molecular complexity index is 1130. The summed E-state index contributed by atoms with van der Waals surface area (Å²) in [6.07, 6.45) is 43.5. The van der Waals surface area contributed by atoms with E-state index in [2.05, 4.69) is 38.2 Å². The molecule has 0 aliphatic rings. The standard InChI is InChI=1S/C49H92NO10P/c1-3-5-7-9-11-13-15-17-18-19-20-21-22-23-24-25-27-29-31-33-35-39-48(53)57-43-45(44-59-61(55,56)58-42-41-50)60-49(54)40-36-38-47(52)46(51)37-34-32-30-28-26-16-14-12-10-8-6-4-2/h12,14,26,28,32,34,45-47,51-52H,3-11,13,15-25,27,29-31,33,35-44,50H2,1-2H3,(H,55,56)/b14-12-,28-26-,34-32-/t45-,46?,47?/m1/s1. The fourth-order valence-corrected chi connectivity index (χ4v) is 7.68. The van der Waals surface area contributed by atoms with Gasteiger partial charge < -0.3 is 30.3 Å². The van der Waals surface area contributed by atoms with Crippen LogP contribution in [0.3, 0.4) is 0 Å². The first kappa shape index (κ1) is 59.1. The maximum Gasteiger partial charge on any atom is 0.472 e. The van der Waals surface area contributed by atoms with Gasteiger partial charge in [-0.25, -0.2) is 4.57 Å². The Morgan fingerprint density at radius 1 is 0.557 bits per heavy atom. The van der Waals surface area contributed by atoms with Gasteiger partial charge in [0.05, 0.1) is 25.4 Å². The summed E-state index contributed by atoms with van der Waals surface area (Å²) < 4.78 is 32.7. The van der Waals surface area contributed by atoms with Crippen molar-refractivity contribution in [3.63, 3.8) is 0 Å². The van der Waals surface area contributed by atoms with Gasteiger partial charge in [0.1, 0.15) is 6.61 Å². The van der Waals surface area contributed by atoms with Gasteiger partial charge in [-0.1, -0.05) is 192 Å². The fraction of sp³-hybridized carbons (Fsp3) is 0.837. The summed E-state index contributed by atoms with van der Waals surface area (Å²) in [7, 11) is -4.46. The highest BCUT2D eigenvalue weighted by atomic mass is 31.2. The Morgan fingerprint density at radius 3 is 1.54 bits per heavy atom. The zero-order valence-electron chi connectivity index (χ0n) is 38.9. The molecule has 61 heavy (non-hydrogen) atoms. The summed E-state index contributed by atoms with van der Waals surface area (Å²) in [5, 5.41) is 20.7. The maximum absolute atomic E-state index is 12.7. The first-order valence-corrected chi connectivity index (χ1v) is 26.1. The van der Waals surface area contributed by atoms with Crippen molar-refractivity contribution >= 4 is 19.8 Å². The number of unbranched alkanes of at least 4 members (excludes halogenated alkanes) is 23. The van der Waals surface area contributed by atoms with Crippen molar-refractivity contribution in [3.05, 3.63) is 36.5 Å². The Hall–Kier alpha value is -1.85. The van der Waals surface area contributed by atoms with Gasteiger partial charge in [-0.3, -0.25) is 18.6 Å². The van der Waals surface area contributed by atoms with E-state index in [4.69, 9.17) is 24.3 Å². The van der Waals surface area contributed by atoms with Gasteiger partial charge in [-0.2, -0.15) is 0 Å². The molecule has 3 unspecified atom stereocenters. The molecule has 0 aliphatic heterocycles. The average molecular weight is 886 g/mol. The second-order valence-electron chi connectivity index (χ2n) is 16.6. The highest BCUT2D eigenvalue weighted by Crippen LogP contribution is 2.43. The van der Waals surface area contributed by atoms with Crippen molar-refractivity contribution in [3.8, 4) is 0 Å². The number of nitrogens with two attached hydrogens (primary N) is 1. The van der Waals surface area contributed by atoms with Crippen LogP contribution < -0.4 is 5.73 Å². The Kier molecular flexibility index (Phi) is 43.4. The van der Waals surface area contributed by atoms with Crippen molar-refractivity contribution < 1.29 is 47.8 Å². The van der Waals surface area contributed by atoms with Crippen LogP contribution in [0.1, 0.15) is 219 Å². The van der Waals surface area contributed by atoms with Gasteiger partial charge >= 0.3 is 19.8 Å². The number of allylic oxidation sites excluding steroid dienone is 5. The van der Waals surface area contributed by atoms with Gasteiger partial charge in [-0.15, -0.1) is 0 Å². The summed E-state index contributed by atoms with van der Waals surface area (Å²) in [6.45, 7) is 3.40. The normalized spacial score (nSPS) is 14.5. The van der Waals surface area contributed by atoms with Crippen LogP contribution >= 0.6 is 7.82 Å². The van der Waals surface area contributed by atoms with Crippen LogP contribution in [0.15, 0.2) is 36.5 Å². The third-order valence-electron chi connectivity index (χ3n) is 10.7. The van der Waals surface area contributed by atoms with Crippen molar-refractivity contribution in [2.75, 3.05) is 26.4 Å². The summed E-state index contributed by atoms with van der Waals surface area (Å²) in [5.41, 5.74) is 5.34. The van der Waals surface area contributed by atoms with Gasteiger partial charge in [0.25, 0.3) is 0 Å². The van der Waals surface area contributed by atoms with Crippen LogP contribution in [0.4, 0.5) is 0 Å². The third kappa shape index (κ3) is 43.2. The lowest BCUT2D eigenvalue weighted by atomic mass is 10.0. The van der Waals surface area contributed by atoms with Crippen LogP contribution in [0.5, 0.6) is 0 Å². The number of hydrogen-bond acceptors (Lipinski definition) is 10. The first-order chi connectivity index (χ1) is 29.6. The molecule has 12 heteroatoms. The maximum atomic E-state index is 12.7. The smallest absolute Gasteiger partial charge is 0.462 e. The molecule has 0 aromatic rings. The van der Waals surface area contributed by atoms with Gasteiger partial charge in [0, 0.05) is 19.4 Å². The molecule has 0 saturated carbocycles. The van der Waals surface area contributed by atoms with Crippen molar-refractivity contribution in [1.82, 2.24) is 0 Å². The number of carbonyl (C=O) groups excluding carboxylic acids is 2. The van der Waals surface area contributed by atoms with E-state index in [0.717, 1.165) is 38.5 Å². The lowest BCUT2D eigenvalue weighted by Crippen LogP contribution is -2.30. The number of ether oxygens (including phenoxy) is 2. The van der Waals surface area contributed by atoms with E-state index in [-0.39, 0.29) is 51.9 Å². The van der Waals surface area contributed by atoms with Gasteiger partial charge in [0.2, 0.25) is 0 Å². The van der Waals surface area contributed by atoms with Crippen molar-refractivity contribution in [1.29, 1.82) is 0 Å². The lowest BCUT2D eigenvalue weighted by molar-refractivity contribution is -0.161. The summed E-state index contributed by atoms with van der Waals surface area (Å²) >= 11 is 0. The first-order valence-electron chi connectivity index (χ1n) is 24.6. The second kappa shape index (κ2) is 44.7. The Morgan fingerprint density at radius 2 is 1.02 bits per heavy atom. The molecule has 0 bridgehead atoms. The number of esters is 2. The van der Waals surface area contributed by atoms with Crippen LogP contribution in [0.2, 0.25) is 0 Å². The molecule has 11 nitrogen and oxygen atoms in total. The molecule has 0 aromatic heterocycles. The monoisotopic (exact) mass is 886 g/mol. The van der Waals surface area contributed by atoms with E-state index in [1.807, 2.05) is 12.2 Å². The SMILES string of the molecule is CCCCC/C=C\C/C=C\C/C=C\CC(O)C(O)CCCC(=O)O[C@H](COC(=O)CCCCCCCCCCCCCCCCCCCCCCC)COP(=O)(O)OCCN. The molecule has 0 amide bonds. The van der Waals surface area contributed by atoms with Crippen LogP contribution in [0, 0.1) is 0 Å². The number of carbonyl (C=O) groups is 2. The highest BCUT2D eigenvalue weighted by Gasteiger charge is 2.26. The van der Waals surface area contributed by atoms with E-state index < -0.39 is 44.7 Å². The summed E-state index contributed by atoms with van der Waals surface area (Å²) in [4.78, 5) is 35.0. The summed E-state index contributed by atoms with van der Waals surface area (Å²) in [6, 6.07) is 0. The van der Waals surface area contributed by atoms with E-state index in [1.165, 1.54) is 128 Å². The minimum absolute atomic E-state index is 0.00895. The number of hydrogen-bond donors (Lipinski definition) is 4. The Labute approximate surface area is 372 Å². The minimum Gasteiger partial charge on any atom is -0.462 e. The predicted octanol–water partition coefficient (Wildman–Crippen LogP) is 12.4. The molecule has 0 radical (unpaired) electrons. The van der Waals surface area contributed by atoms with Crippen molar-refractivity contribution in [2.24, 2.45) is 5.73 Å². The molecule has 0 rings (SSSR count). The van der Waals surface area contributed by atoms with E-state index in [1.54, 1.807) is 0 Å². The quantitative estimate of drug-likeness (QED) is 0.0198. The van der Waals surface area contributed by atoms with E-state index in [9.17, 15) is 29.3 Å². The molecule has 358 valence electrons. The molecular weight excluding hydrogens is 794 g/mol. The predicted molar refractivity (Wildman–Crippen MR) is 250 cm³/mol. The number of phosphoric acid groups is 1. The summed E-state index contributed by atoms with van der Waals surface area (Å²) in [5.74, 6) is -1.10. The molecule has 0 heterocycles. The third-order valence-corrected chi connectivity index (χ3v) is 11.7. The molecule has 4 atom stereocenters. The average Bonchev–Trinajstić information content (AvgIpc) is 3.24. The Balaban J connectivity index is 4.25. The van der Waals surface area contributed by atoms with Crippen LogP contribution in [-0.2, 0) is 32.7 Å². The molecule has 0 spiro atoms. The molecule has 0 saturated heterocycles. The van der Waals surface area contributed by atoms with Gasteiger partial charge in [-0.05, 0) is 51.4 Å². The van der Waals surface area contributed by atoms with E-state index in [0.29, 0.717) is 6.42 Å².